The Balaban J connectivity index is 2.36. The number of benzene rings is 1. The van der Waals surface area contributed by atoms with E-state index in [0.29, 0.717) is 0 Å². The molecule has 1 atom stereocenters. The third-order valence-corrected chi connectivity index (χ3v) is 2.97. The van der Waals surface area contributed by atoms with Crippen LogP contribution in [0.2, 0.25) is 0 Å². The maximum Gasteiger partial charge on any atom is 0.315 e. The maximum absolute atomic E-state index is 12.7. The van der Waals surface area contributed by atoms with Gasteiger partial charge >= 0.3 is 12.0 Å². The van der Waals surface area contributed by atoms with Crippen molar-refractivity contribution < 1.29 is 19.1 Å². The summed E-state index contributed by atoms with van der Waals surface area (Å²) in [6, 6.07) is 5.33. The molecule has 1 unspecified atom stereocenters. The summed E-state index contributed by atoms with van der Waals surface area (Å²) in [6.45, 7) is 3.90. The maximum atomic E-state index is 12.7. The van der Waals surface area contributed by atoms with E-state index in [-0.39, 0.29) is 24.8 Å². The van der Waals surface area contributed by atoms with Gasteiger partial charge in [-0.1, -0.05) is 26.0 Å². The Morgan fingerprint density at radius 2 is 1.80 bits per heavy atom. The summed E-state index contributed by atoms with van der Waals surface area (Å²) in [5, 5.41) is 14.1. The molecule has 0 spiro atoms. The Bertz CT molecular complexity index is 460. The number of carboxylic acid groups (broad SMARTS) is 1. The number of halogens is 1. The number of hydrogen-bond acceptors (Lipinski definition) is 2. The summed E-state index contributed by atoms with van der Waals surface area (Å²) in [4.78, 5) is 22.5. The van der Waals surface area contributed by atoms with Gasteiger partial charge in [-0.05, 0) is 23.6 Å². The zero-order chi connectivity index (χ0) is 15.1. The third-order valence-electron chi connectivity index (χ3n) is 2.97. The van der Waals surface area contributed by atoms with E-state index in [9.17, 15) is 14.0 Å². The number of carboxylic acids is 1. The molecule has 0 saturated carbocycles. The summed E-state index contributed by atoms with van der Waals surface area (Å²) in [5.74, 6) is -1.95. The fraction of sp³-hybridized carbons (Fsp3) is 0.429. The van der Waals surface area contributed by atoms with Gasteiger partial charge in [0.2, 0.25) is 0 Å². The highest BCUT2D eigenvalue weighted by Crippen LogP contribution is 2.09. The first-order chi connectivity index (χ1) is 9.40. The summed E-state index contributed by atoms with van der Waals surface area (Å²) >= 11 is 0. The topological polar surface area (TPSA) is 78.4 Å². The second-order valence-corrected chi connectivity index (χ2v) is 4.88. The predicted octanol–water partition coefficient (Wildman–Crippen LogP) is 1.98. The van der Waals surface area contributed by atoms with Crippen LogP contribution in [0.4, 0.5) is 9.18 Å². The molecule has 0 aliphatic rings. The van der Waals surface area contributed by atoms with Gasteiger partial charge in [0.1, 0.15) is 5.82 Å². The third kappa shape index (κ3) is 5.26. The number of carbonyl (C=O) groups excluding carboxylic acids is 1. The first kappa shape index (κ1) is 15.9. The van der Waals surface area contributed by atoms with Crippen LogP contribution in [0.5, 0.6) is 0 Å². The molecule has 5 nitrogen and oxygen atoms in total. The van der Waals surface area contributed by atoms with E-state index >= 15 is 0 Å². The molecule has 0 bridgehead atoms. The van der Waals surface area contributed by atoms with Crippen molar-refractivity contribution in [3.8, 4) is 0 Å². The molecule has 20 heavy (non-hydrogen) atoms. The molecule has 0 heterocycles. The molecular weight excluding hydrogens is 263 g/mol. The zero-order valence-corrected chi connectivity index (χ0v) is 11.5. The van der Waals surface area contributed by atoms with Crippen LogP contribution < -0.4 is 10.6 Å². The monoisotopic (exact) mass is 282 g/mol. The summed E-state index contributed by atoms with van der Waals surface area (Å²) in [6.07, 6.45) is 0. The number of hydrogen-bond donors (Lipinski definition) is 3. The number of nitrogens with one attached hydrogen (secondary N) is 2. The van der Waals surface area contributed by atoms with Crippen LogP contribution >= 0.6 is 0 Å². The van der Waals surface area contributed by atoms with Gasteiger partial charge in [0.15, 0.2) is 0 Å². The molecular formula is C14H19FN2O3. The highest BCUT2D eigenvalue weighted by molar-refractivity contribution is 5.75. The molecule has 3 N–H and O–H groups in total. The molecule has 0 fully saturated rings. The summed E-state index contributed by atoms with van der Waals surface area (Å²) in [5.41, 5.74) is 0.764. The van der Waals surface area contributed by atoms with Gasteiger partial charge in [0, 0.05) is 13.1 Å². The quantitative estimate of drug-likeness (QED) is 0.746. The molecule has 110 valence electrons. The molecule has 1 aromatic rings. The van der Waals surface area contributed by atoms with Crippen molar-refractivity contribution >= 4 is 12.0 Å². The molecule has 0 radical (unpaired) electrons. The van der Waals surface area contributed by atoms with E-state index in [2.05, 4.69) is 10.6 Å². The van der Waals surface area contributed by atoms with Crippen LogP contribution in [0.25, 0.3) is 0 Å². The SMILES string of the molecule is CC(C)C(CNC(=O)NCc1ccc(F)cc1)C(=O)O. The lowest BCUT2D eigenvalue weighted by atomic mass is 9.96. The van der Waals surface area contributed by atoms with Crippen LogP contribution in [-0.2, 0) is 11.3 Å². The standard InChI is InChI=1S/C14H19FN2O3/c1-9(2)12(13(18)19)8-17-14(20)16-7-10-3-5-11(15)6-4-10/h3-6,9,12H,7-8H2,1-2H3,(H,18,19)(H2,16,17,20). The Hall–Kier alpha value is -2.11. The number of aliphatic carboxylic acids is 1. The Kier molecular flexibility index (Phi) is 5.96. The predicted molar refractivity (Wildman–Crippen MR) is 72.6 cm³/mol. The summed E-state index contributed by atoms with van der Waals surface area (Å²) in [7, 11) is 0. The minimum Gasteiger partial charge on any atom is -0.481 e. The molecule has 1 aromatic carbocycles. The van der Waals surface area contributed by atoms with Gasteiger partial charge < -0.3 is 15.7 Å². The second-order valence-electron chi connectivity index (χ2n) is 4.88. The van der Waals surface area contributed by atoms with E-state index in [1.54, 1.807) is 26.0 Å². The lowest BCUT2D eigenvalue weighted by Gasteiger charge is -2.17. The summed E-state index contributed by atoms with van der Waals surface area (Å²) < 4.78 is 12.7. The molecule has 2 amide bonds. The van der Waals surface area contributed by atoms with Gasteiger partial charge in [0.25, 0.3) is 0 Å². The number of rotatable bonds is 6. The van der Waals surface area contributed by atoms with Crippen LogP contribution in [0.15, 0.2) is 24.3 Å². The lowest BCUT2D eigenvalue weighted by Crippen LogP contribution is -2.41. The number of carbonyl (C=O) groups is 2. The highest BCUT2D eigenvalue weighted by atomic mass is 19.1. The van der Waals surface area contributed by atoms with E-state index in [1.807, 2.05) is 0 Å². The van der Waals surface area contributed by atoms with Crippen LogP contribution in [-0.4, -0.2) is 23.7 Å². The lowest BCUT2D eigenvalue weighted by molar-refractivity contribution is -0.142. The highest BCUT2D eigenvalue weighted by Gasteiger charge is 2.21. The molecule has 6 heteroatoms. The van der Waals surface area contributed by atoms with Crippen molar-refractivity contribution in [3.63, 3.8) is 0 Å². The van der Waals surface area contributed by atoms with E-state index in [1.165, 1.54) is 12.1 Å². The van der Waals surface area contributed by atoms with Gasteiger partial charge in [0.05, 0.1) is 5.92 Å². The van der Waals surface area contributed by atoms with Crippen molar-refractivity contribution in [2.75, 3.05) is 6.54 Å². The fourth-order valence-electron chi connectivity index (χ4n) is 1.66. The normalized spacial score (nSPS) is 12.0. The number of urea groups is 1. The number of amides is 2. The zero-order valence-electron chi connectivity index (χ0n) is 11.5. The molecule has 0 saturated heterocycles. The van der Waals surface area contributed by atoms with Crippen molar-refractivity contribution in [1.29, 1.82) is 0 Å². The molecule has 0 aliphatic carbocycles. The smallest absolute Gasteiger partial charge is 0.315 e. The van der Waals surface area contributed by atoms with Crippen LogP contribution in [0, 0.1) is 17.7 Å². The first-order valence-corrected chi connectivity index (χ1v) is 6.39. The van der Waals surface area contributed by atoms with Gasteiger partial charge in [-0.2, -0.15) is 0 Å². The minimum atomic E-state index is -0.932. The fourth-order valence-corrected chi connectivity index (χ4v) is 1.66. The van der Waals surface area contributed by atoms with Gasteiger partial charge in [-0.3, -0.25) is 4.79 Å². The largest absolute Gasteiger partial charge is 0.481 e. The van der Waals surface area contributed by atoms with Crippen molar-refractivity contribution in [2.24, 2.45) is 11.8 Å². The molecule has 1 rings (SSSR count). The Morgan fingerprint density at radius 3 is 2.30 bits per heavy atom. The van der Waals surface area contributed by atoms with Crippen molar-refractivity contribution in [1.82, 2.24) is 10.6 Å². The second kappa shape index (κ2) is 7.47. The van der Waals surface area contributed by atoms with Crippen molar-refractivity contribution in [3.05, 3.63) is 35.6 Å². The Morgan fingerprint density at radius 1 is 1.20 bits per heavy atom. The molecule has 0 aromatic heterocycles. The Labute approximate surface area is 117 Å². The van der Waals surface area contributed by atoms with Crippen LogP contribution in [0.3, 0.4) is 0 Å². The van der Waals surface area contributed by atoms with Crippen LogP contribution in [0.1, 0.15) is 19.4 Å². The van der Waals surface area contributed by atoms with Crippen molar-refractivity contribution in [2.45, 2.75) is 20.4 Å². The van der Waals surface area contributed by atoms with Gasteiger partial charge in [-0.15, -0.1) is 0 Å². The molecule has 0 aliphatic heterocycles. The first-order valence-electron chi connectivity index (χ1n) is 6.39. The minimum absolute atomic E-state index is 0.0649. The van der Waals surface area contributed by atoms with E-state index in [0.717, 1.165) is 5.56 Å². The average Bonchev–Trinajstić information content (AvgIpc) is 2.37. The average molecular weight is 282 g/mol. The van der Waals surface area contributed by atoms with E-state index < -0.39 is 17.9 Å². The van der Waals surface area contributed by atoms with Gasteiger partial charge in [-0.25, -0.2) is 9.18 Å². The van der Waals surface area contributed by atoms with E-state index in [4.69, 9.17) is 5.11 Å².